The molecule has 0 fully saturated rings. The third-order valence-electron chi connectivity index (χ3n) is 1.55. The van der Waals surface area contributed by atoms with Gasteiger partial charge in [0.2, 0.25) is 0 Å². The van der Waals surface area contributed by atoms with Crippen molar-refractivity contribution in [3.8, 4) is 0 Å². The first-order chi connectivity index (χ1) is 5.63. The first-order valence-electron chi connectivity index (χ1n) is 4.02. The van der Waals surface area contributed by atoms with Crippen molar-refractivity contribution in [1.29, 1.82) is 0 Å². The van der Waals surface area contributed by atoms with Crippen molar-refractivity contribution in [1.82, 2.24) is 0 Å². The van der Waals surface area contributed by atoms with E-state index in [1.165, 1.54) is 6.08 Å². The lowest BCUT2D eigenvalue weighted by Crippen LogP contribution is -2.21. The van der Waals surface area contributed by atoms with E-state index in [0.29, 0.717) is 12.8 Å². The highest BCUT2D eigenvalue weighted by Crippen LogP contribution is 2.08. The molecular formula is C9H14O3. The predicted molar refractivity (Wildman–Crippen MR) is 45.9 cm³/mol. The summed E-state index contributed by atoms with van der Waals surface area (Å²) in [6.45, 7) is 3.56. The normalized spacial score (nSPS) is 13.2. The van der Waals surface area contributed by atoms with E-state index in [-0.39, 0.29) is 5.78 Å². The van der Waals surface area contributed by atoms with Crippen LogP contribution in [0.15, 0.2) is 12.2 Å². The van der Waals surface area contributed by atoms with E-state index >= 15 is 0 Å². The quantitative estimate of drug-likeness (QED) is 0.504. The van der Waals surface area contributed by atoms with Gasteiger partial charge in [-0.15, -0.1) is 0 Å². The second kappa shape index (κ2) is 5.52. The van der Waals surface area contributed by atoms with Crippen molar-refractivity contribution >= 4 is 11.8 Å². The predicted octanol–water partition coefficient (Wildman–Crippen LogP) is 1.63. The number of aliphatic carboxylic acids is 1. The van der Waals surface area contributed by atoms with Gasteiger partial charge in [-0.25, -0.2) is 0 Å². The van der Waals surface area contributed by atoms with Crippen LogP contribution in [0, 0.1) is 5.92 Å². The number of hydrogen-bond acceptors (Lipinski definition) is 2. The van der Waals surface area contributed by atoms with Gasteiger partial charge >= 0.3 is 5.97 Å². The molecular weight excluding hydrogens is 156 g/mol. The average Bonchev–Trinajstić information content (AvgIpc) is 1.99. The molecule has 0 aromatic carbocycles. The van der Waals surface area contributed by atoms with Crippen LogP contribution < -0.4 is 0 Å². The monoisotopic (exact) mass is 170 g/mol. The van der Waals surface area contributed by atoms with Crippen molar-refractivity contribution in [2.24, 2.45) is 5.92 Å². The standard InChI is InChI=1S/C9H14O3/c1-3-5-7(9(11)12)8(10)6-4-2/h4,6-7H,3,5H2,1-2H3,(H,11,12)/b6-4+. The number of ketones is 1. The molecule has 12 heavy (non-hydrogen) atoms. The Balaban J connectivity index is 4.29. The second-order valence-corrected chi connectivity index (χ2v) is 2.58. The highest BCUT2D eigenvalue weighted by atomic mass is 16.4. The fourth-order valence-corrected chi connectivity index (χ4v) is 0.957. The van der Waals surface area contributed by atoms with Crippen LogP contribution in [0.4, 0.5) is 0 Å². The molecule has 0 bridgehead atoms. The van der Waals surface area contributed by atoms with Crippen LogP contribution in [0.25, 0.3) is 0 Å². The zero-order chi connectivity index (χ0) is 9.56. The molecule has 0 aliphatic rings. The summed E-state index contributed by atoms with van der Waals surface area (Å²) in [4.78, 5) is 21.7. The first-order valence-corrected chi connectivity index (χ1v) is 4.02. The molecule has 68 valence electrons. The molecule has 0 radical (unpaired) electrons. The molecule has 3 nitrogen and oxygen atoms in total. The summed E-state index contributed by atoms with van der Waals surface area (Å²) in [6.07, 6.45) is 4.00. The summed E-state index contributed by atoms with van der Waals surface area (Å²) in [5, 5.41) is 8.65. The van der Waals surface area contributed by atoms with Gasteiger partial charge in [-0.3, -0.25) is 9.59 Å². The van der Waals surface area contributed by atoms with E-state index in [9.17, 15) is 9.59 Å². The molecule has 0 aliphatic carbocycles. The number of allylic oxidation sites excluding steroid dienone is 2. The number of hydrogen-bond donors (Lipinski definition) is 1. The molecule has 3 heteroatoms. The molecule has 0 heterocycles. The zero-order valence-electron chi connectivity index (χ0n) is 7.41. The fourth-order valence-electron chi connectivity index (χ4n) is 0.957. The summed E-state index contributed by atoms with van der Waals surface area (Å²) in [5.41, 5.74) is 0. The van der Waals surface area contributed by atoms with Crippen molar-refractivity contribution in [3.05, 3.63) is 12.2 Å². The average molecular weight is 170 g/mol. The second-order valence-electron chi connectivity index (χ2n) is 2.58. The van der Waals surface area contributed by atoms with E-state index in [2.05, 4.69) is 0 Å². The molecule has 0 saturated carbocycles. The number of carboxylic acid groups (broad SMARTS) is 1. The van der Waals surface area contributed by atoms with E-state index in [4.69, 9.17) is 5.11 Å². The maximum absolute atomic E-state index is 11.1. The molecule has 1 N–H and O–H groups in total. The molecule has 0 saturated heterocycles. The maximum atomic E-state index is 11.1. The number of carbonyl (C=O) groups is 2. The molecule has 1 unspecified atom stereocenters. The summed E-state index contributed by atoms with van der Waals surface area (Å²) in [6, 6.07) is 0. The zero-order valence-corrected chi connectivity index (χ0v) is 7.41. The SMILES string of the molecule is C/C=C/C(=O)C(CCC)C(=O)O. The lowest BCUT2D eigenvalue weighted by Gasteiger charge is -2.05. The van der Waals surface area contributed by atoms with Gasteiger partial charge in [0.25, 0.3) is 0 Å². The van der Waals surface area contributed by atoms with Gasteiger partial charge in [0.1, 0.15) is 5.92 Å². The molecule has 1 atom stereocenters. The molecule has 0 spiro atoms. The van der Waals surface area contributed by atoms with Gasteiger partial charge in [0, 0.05) is 0 Å². The van der Waals surface area contributed by atoms with Gasteiger partial charge < -0.3 is 5.11 Å². The maximum Gasteiger partial charge on any atom is 0.314 e. The van der Waals surface area contributed by atoms with Crippen LogP contribution in [-0.2, 0) is 9.59 Å². The van der Waals surface area contributed by atoms with Crippen LogP contribution in [0.2, 0.25) is 0 Å². The number of rotatable bonds is 5. The molecule has 0 rings (SSSR count). The summed E-state index contributed by atoms with van der Waals surface area (Å²) in [7, 11) is 0. The number of carbonyl (C=O) groups excluding carboxylic acids is 1. The molecule has 0 aliphatic heterocycles. The Labute approximate surface area is 72.1 Å². The summed E-state index contributed by atoms with van der Waals surface area (Å²) >= 11 is 0. The Morgan fingerprint density at radius 2 is 2.08 bits per heavy atom. The molecule has 0 amide bonds. The largest absolute Gasteiger partial charge is 0.481 e. The van der Waals surface area contributed by atoms with Gasteiger partial charge in [-0.2, -0.15) is 0 Å². The van der Waals surface area contributed by atoms with Crippen LogP contribution in [0.5, 0.6) is 0 Å². The Kier molecular flexibility index (Phi) is 5.00. The third kappa shape index (κ3) is 3.32. The Bertz CT molecular complexity index is 194. The molecule has 0 aromatic rings. The summed E-state index contributed by atoms with van der Waals surface area (Å²) < 4.78 is 0. The number of carboxylic acids is 1. The van der Waals surface area contributed by atoms with Crippen LogP contribution in [0.1, 0.15) is 26.7 Å². The summed E-state index contributed by atoms with van der Waals surface area (Å²) in [5.74, 6) is -2.20. The van der Waals surface area contributed by atoms with E-state index in [1.807, 2.05) is 6.92 Å². The first kappa shape index (κ1) is 10.9. The van der Waals surface area contributed by atoms with Crippen LogP contribution in [-0.4, -0.2) is 16.9 Å². The van der Waals surface area contributed by atoms with Crippen LogP contribution >= 0.6 is 0 Å². The van der Waals surface area contributed by atoms with Crippen molar-refractivity contribution < 1.29 is 14.7 Å². The van der Waals surface area contributed by atoms with Gasteiger partial charge in [-0.1, -0.05) is 19.4 Å². The molecule has 0 aromatic heterocycles. The lowest BCUT2D eigenvalue weighted by atomic mass is 9.99. The minimum atomic E-state index is -1.03. The highest BCUT2D eigenvalue weighted by molar-refractivity contribution is 6.04. The Hall–Kier alpha value is -1.12. The lowest BCUT2D eigenvalue weighted by molar-refractivity contribution is -0.145. The topological polar surface area (TPSA) is 54.4 Å². The minimum Gasteiger partial charge on any atom is -0.481 e. The highest BCUT2D eigenvalue weighted by Gasteiger charge is 2.22. The fraction of sp³-hybridized carbons (Fsp3) is 0.556. The van der Waals surface area contributed by atoms with E-state index in [0.717, 1.165) is 0 Å². The van der Waals surface area contributed by atoms with Crippen LogP contribution in [0.3, 0.4) is 0 Å². The van der Waals surface area contributed by atoms with E-state index in [1.54, 1.807) is 13.0 Å². The smallest absolute Gasteiger partial charge is 0.314 e. The van der Waals surface area contributed by atoms with Crippen molar-refractivity contribution in [2.45, 2.75) is 26.7 Å². The minimum absolute atomic E-state index is 0.313. The Morgan fingerprint density at radius 1 is 1.50 bits per heavy atom. The van der Waals surface area contributed by atoms with Crippen molar-refractivity contribution in [3.63, 3.8) is 0 Å². The Morgan fingerprint density at radius 3 is 2.42 bits per heavy atom. The van der Waals surface area contributed by atoms with Gasteiger partial charge in [0.05, 0.1) is 0 Å². The third-order valence-corrected chi connectivity index (χ3v) is 1.55. The van der Waals surface area contributed by atoms with Gasteiger partial charge in [-0.05, 0) is 19.4 Å². The van der Waals surface area contributed by atoms with E-state index < -0.39 is 11.9 Å². The van der Waals surface area contributed by atoms with Crippen molar-refractivity contribution in [2.75, 3.05) is 0 Å². The van der Waals surface area contributed by atoms with Gasteiger partial charge in [0.15, 0.2) is 5.78 Å².